The lowest BCUT2D eigenvalue weighted by Gasteiger charge is -2.38. The number of amides is 2. The first-order valence-corrected chi connectivity index (χ1v) is 14.4. The van der Waals surface area contributed by atoms with Crippen LogP contribution < -0.4 is 10.6 Å². The summed E-state index contributed by atoms with van der Waals surface area (Å²) in [5, 5.41) is 27.4. The highest BCUT2D eigenvalue weighted by Crippen LogP contribution is 2.30. The van der Waals surface area contributed by atoms with Crippen LogP contribution in [0.5, 0.6) is 0 Å². The van der Waals surface area contributed by atoms with Crippen LogP contribution in [0.3, 0.4) is 0 Å². The van der Waals surface area contributed by atoms with Crippen molar-refractivity contribution in [3.8, 4) is 10.4 Å². The van der Waals surface area contributed by atoms with E-state index in [1.54, 1.807) is 5.51 Å². The van der Waals surface area contributed by atoms with Gasteiger partial charge in [-0.2, -0.15) is 0 Å². The predicted molar refractivity (Wildman–Crippen MR) is 152 cm³/mol. The quantitative estimate of drug-likeness (QED) is 0.328. The summed E-state index contributed by atoms with van der Waals surface area (Å²) in [6.45, 7) is 12.5. The van der Waals surface area contributed by atoms with E-state index in [-0.39, 0.29) is 36.6 Å². The van der Waals surface area contributed by atoms with Gasteiger partial charge in [0.05, 0.1) is 34.3 Å². The molecular formula is C29H43FN4O4S. The standard InChI is InChI=1S/C29H43FN4O4S/c1-16(2)17(3)26(36)33-25(29(5,6)7)28(38)34-14-21(35)12-23(34)27(37)32-22(13-30)19-8-10-20(11-9-19)24-18(4)31-15-39-24/h8-11,15-17,21-23,25,27,32,35,37H,12-14H2,1-7H3,(H,33,36). The second kappa shape index (κ2) is 12.8. The number of aliphatic hydroxyl groups is 2. The van der Waals surface area contributed by atoms with Crippen molar-refractivity contribution in [2.24, 2.45) is 17.3 Å². The van der Waals surface area contributed by atoms with Crippen molar-refractivity contribution in [2.45, 2.75) is 85.3 Å². The Hall–Kier alpha value is -2.40. The van der Waals surface area contributed by atoms with E-state index in [4.69, 9.17) is 0 Å². The fourth-order valence-corrected chi connectivity index (χ4v) is 5.59. The number of hydrogen-bond donors (Lipinski definition) is 4. The zero-order chi connectivity index (χ0) is 29.1. The first-order valence-electron chi connectivity index (χ1n) is 13.5. The summed E-state index contributed by atoms with van der Waals surface area (Å²) in [5.41, 5.74) is 3.73. The highest BCUT2D eigenvalue weighted by Gasteiger charge is 2.45. The summed E-state index contributed by atoms with van der Waals surface area (Å²) in [5.74, 6) is -0.782. The van der Waals surface area contributed by atoms with Crippen molar-refractivity contribution >= 4 is 23.2 Å². The maximum atomic E-state index is 14.2. The summed E-state index contributed by atoms with van der Waals surface area (Å²) in [6, 6.07) is 4.97. The number of benzene rings is 1. The molecule has 6 atom stereocenters. The van der Waals surface area contributed by atoms with E-state index in [0.717, 1.165) is 16.1 Å². The molecule has 2 amide bonds. The third kappa shape index (κ3) is 7.42. The Bertz CT molecular complexity index is 1120. The molecular weight excluding hydrogens is 519 g/mol. The number of halogens is 1. The number of carbonyl (C=O) groups is 2. The van der Waals surface area contributed by atoms with Gasteiger partial charge in [0.15, 0.2) is 0 Å². The van der Waals surface area contributed by atoms with E-state index < -0.39 is 42.5 Å². The second-order valence-corrected chi connectivity index (χ2v) is 12.8. The molecule has 1 aromatic carbocycles. The zero-order valence-corrected chi connectivity index (χ0v) is 24.8. The molecule has 10 heteroatoms. The Labute approximate surface area is 235 Å². The molecule has 2 aromatic rings. The number of thiazole rings is 1. The van der Waals surface area contributed by atoms with E-state index in [0.29, 0.717) is 5.56 Å². The van der Waals surface area contributed by atoms with Crippen molar-refractivity contribution in [3.05, 3.63) is 41.0 Å². The predicted octanol–water partition coefficient (Wildman–Crippen LogP) is 3.82. The minimum absolute atomic E-state index is 0.0214. The highest BCUT2D eigenvalue weighted by molar-refractivity contribution is 7.13. The van der Waals surface area contributed by atoms with Gasteiger partial charge < -0.3 is 20.4 Å². The SMILES string of the molecule is Cc1ncsc1-c1ccc(C(CF)NC(O)C2CC(O)CN2C(=O)C(NC(=O)C(C)C(C)C)C(C)(C)C)cc1. The first-order chi connectivity index (χ1) is 18.2. The van der Waals surface area contributed by atoms with Crippen LogP contribution in [0, 0.1) is 24.2 Å². The first kappa shape index (κ1) is 31.1. The van der Waals surface area contributed by atoms with Crippen molar-refractivity contribution in [1.82, 2.24) is 20.5 Å². The van der Waals surface area contributed by atoms with E-state index in [2.05, 4.69) is 15.6 Å². The van der Waals surface area contributed by atoms with Gasteiger partial charge in [0.2, 0.25) is 11.8 Å². The van der Waals surface area contributed by atoms with E-state index in [1.165, 1.54) is 16.2 Å². The van der Waals surface area contributed by atoms with Gasteiger partial charge in [-0.15, -0.1) is 11.3 Å². The number of β-amino-alcohol motifs (C(OH)–C–C–N with tert-alkyl or cyclic N) is 1. The Balaban J connectivity index is 1.76. The van der Waals surface area contributed by atoms with Crippen molar-refractivity contribution in [1.29, 1.82) is 0 Å². The number of aromatic nitrogens is 1. The summed E-state index contributed by atoms with van der Waals surface area (Å²) in [7, 11) is 0. The Kier molecular flexibility index (Phi) is 10.3. The molecule has 6 unspecified atom stereocenters. The Morgan fingerprint density at radius 1 is 1.21 bits per heavy atom. The smallest absolute Gasteiger partial charge is 0.246 e. The molecule has 1 aliphatic heterocycles. The van der Waals surface area contributed by atoms with Crippen molar-refractivity contribution in [3.63, 3.8) is 0 Å². The zero-order valence-electron chi connectivity index (χ0n) is 23.9. The lowest BCUT2D eigenvalue weighted by Crippen LogP contribution is -2.59. The maximum absolute atomic E-state index is 14.2. The number of nitrogens with zero attached hydrogens (tertiary/aromatic N) is 2. The number of hydrogen-bond acceptors (Lipinski definition) is 7. The number of nitrogens with one attached hydrogen (secondary N) is 2. The van der Waals surface area contributed by atoms with Gasteiger partial charge in [0.1, 0.15) is 18.9 Å². The van der Waals surface area contributed by atoms with Crippen LogP contribution in [-0.2, 0) is 9.59 Å². The molecule has 1 fully saturated rings. The summed E-state index contributed by atoms with van der Waals surface area (Å²) < 4.78 is 14.2. The molecule has 8 nitrogen and oxygen atoms in total. The molecule has 1 aliphatic rings. The van der Waals surface area contributed by atoms with Crippen LogP contribution in [0.15, 0.2) is 29.8 Å². The summed E-state index contributed by atoms with van der Waals surface area (Å²) in [4.78, 5) is 33.4. The van der Waals surface area contributed by atoms with Crippen LogP contribution >= 0.6 is 11.3 Å². The van der Waals surface area contributed by atoms with Crippen LogP contribution in [0.1, 0.15) is 65.3 Å². The molecule has 0 radical (unpaired) electrons. The van der Waals surface area contributed by atoms with Gasteiger partial charge >= 0.3 is 0 Å². The summed E-state index contributed by atoms with van der Waals surface area (Å²) in [6.07, 6.45) is -2.00. The molecule has 1 saturated heterocycles. The van der Waals surface area contributed by atoms with Crippen LogP contribution in [-0.4, -0.2) is 69.5 Å². The maximum Gasteiger partial charge on any atom is 0.246 e. The number of alkyl halides is 1. The minimum atomic E-state index is -1.29. The van der Waals surface area contributed by atoms with Crippen molar-refractivity contribution in [2.75, 3.05) is 13.2 Å². The molecule has 0 aliphatic carbocycles. The van der Waals surface area contributed by atoms with Gasteiger partial charge in [-0.25, -0.2) is 9.37 Å². The summed E-state index contributed by atoms with van der Waals surface area (Å²) >= 11 is 1.54. The average molecular weight is 563 g/mol. The fourth-order valence-electron chi connectivity index (χ4n) is 4.78. The number of aliphatic hydroxyl groups excluding tert-OH is 2. The molecule has 3 rings (SSSR count). The van der Waals surface area contributed by atoms with Crippen LogP contribution in [0.4, 0.5) is 4.39 Å². The monoisotopic (exact) mass is 562 g/mol. The lowest BCUT2D eigenvalue weighted by atomic mass is 9.84. The normalized spacial score (nSPS) is 21.1. The van der Waals surface area contributed by atoms with E-state index in [9.17, 15) is 24.2 Å². The van der Waals surface area contributed by atoms with Crippen molar-refractivity contribution < 1.29 is 24.2 Å². The Morgan fingerprint density at radius 2 is 1.85 bits per heavy atom. The molecule has 39 heavy (non-hydrogen) atoms. The van der Waals surface area contributed by atoms with Gasteiger partial charge in [-0.05, 0) is 35.8 Å². The number of likely N-dealkylation sites (tertiary alicyclic amines) is 1. The largest absolute Gasteiger partial charge is 0.391 e. The highest BCUT2D eigenvalue weighted by atomic mass is 32.1. The van der Waals surface area contributed by atoms with Gasteiger partial charge in [0, 0.05) is 12.5 Å². The fraction of sp³-hybridized carbons (Fsp3) is 0.621. The number of aryl methyl sites for hydroxylation is 1. The van der Waals surface area contributed by atoms with Gasteiger partial charge in [-0.1, -0.05) is 65.8 Å². The van der Waals surface area contributed by atoms with Crippen LogP contribution in [0.25, 0.3) is 10.4 Å². The molecule has 0 saturated carbocycles. The van der Waals surface area contributed by atoms with E-state index >= 15 is 0 Å². The molecule has 4 N–H and O–H groups in total. The topological polar surface area (TPSA) is 115 Å². The molecule has 0 bridgehead atoms. The van der Waals surface area contributed by atoms with Gasteiger partial charge in [-0.3, -0.25) is 14.9 Å². The molecule has 216 valence electrons. The number of rotatable bonds is 10. The second-order valence-electron chi connectivity index (χ2n) is 12.0. The Morgan fingerprint density at radius 3 is 2.36 bits per heavy atom. The van der Waals surface area contributed by atoms with Gasteiger partial charge in [0.25, 0.3) is 0 Å². The third-order valence-corrected chi connectivity index (χ3v) is 8.61. The lowest BCUT2D eigenvalue weighted by molar-refractivity contribution is -0.143. The third-order valence-electron chi connectivity index (χ3n) is 7.63. The average Bonchev–Trinajstić information content (AvgIpc) is 3.49. The molecule has 2 heterocycles. The number of carbonyl (C=O) groups excluding carboxylic acids is 2. The molecule has 1 aromatic heterocycles. The minimum Gasteiger partial charge on any atom is -0.391 e. The van der Waals surface area contributed by atoms with E-state index in [1.807, 2.05) is 72.7 Å². The molecule has 0 spiro atoms. The van der Waals surface area contributed by atoms with Crippen LogP contribution in [0.2, 0.25) is 0 Å².